The molecule has 0 spiro atoms. The van der Waals surface area contributed by atoms with Crippen molar-refractivity contribution in [3.05, 3.63) is 89.5 Å². The van der Waals surface area contributed by atoms with Crippen molar-refractivity contribution in [3.63, 3.8) is 0 Å². The maximum Gasteiger partial charge on any atom is 0.193 e. The number of rotatable bonds is 4. The summed E-state index contributed by atoms with van der Waals surface area (Å²) in [6.07, 6.45) is 0. The largest absolute Gasteiger partial charge is 0.497 e. The van der Waals surface area contributed by atoms with E-state index in [1.54, 1.807) is 31.4 Å². The highest BCUT2D eigenvalue weighted by Crippen LogP contribution is 2.22. The molecule has 0 unspecified atom stereocenters. The number of ketones is 1. The number of hydrogen-bond acceptors (Lipinski definition) is 2. The molecule has 0 aliphatic rings. The second kappa shape index (κ2) is 6.49. The van der Waals surface area contributed by atoms with Crippen molar-refractivity contribution in [2.24, 2.45) is 0 Å². The Morgan fingerprint density at radius 2 is 1.13 bits per heavy atom. The molecule has 0 bridgehead atoms. The number of aryl methyl sites for hydroxylation is 1. The first-order valence-corrected chi connectivity index (χ1v) is 7.53. The van der Waals surface area contributed by atoms with Crippen molar-refractivity contribution in [1.82, 2.24) is 0 Å². The molecule has 3 rings (SSSR count). The third kappa shape index (κ3) is 3.32. The van der Waals surface area contributed by atoms with Crippen LogP contribution in [0.15, 0.2) is 72.8 Å². The fraction of sp³-hybridized carbons (Fsp3) is 0.0952. The Morgan fingerprint density at radius 3 is 1.61 bits per heavy atom. The van der Waals surface area contributed by atoms with Gasteiger partial charge in [-0.3, -0.25) is 4.79 Å². The molecule has 0 amide bonds. The SMILES string of the molecule is COc1ccc(C(=O)c2ccc(-c3ccc(C)cc3)cc2)cc1. The molecule has 2 heteroatoms. The van der Waals surface area contributed by atoms with E-state index in [9.17, 15) is 4.79 Å². The van der Waals surface area contributed by atoms with E-state index >= 15 is 0 Å². The monoisotopic (exact) mass is 302 g/mol. The lowest BCUT2D eigenvalue weighted by molar-refractivity contribution is 0.103. The Balaban J connectivity index is 1.83. The maximum atomic E-state index is 12.5. The Hall–Kier alpha value is -2.87. The number of benzene rings is 3. The highest BCUT2D eigenvalue weighted by Gasteiger charge is 2.09. The van der Waals surface area contributed by atoms with Crippen LogP contribution >= 0.6 is 0 Å². The van der Waals surface area contributed by atoms with Crippen LogP contribution < -0.4 is 4.74 Å². The Labute approximate surface area is 136 Å². The van der Waals surface area contributed by atoms with Gasteiger partial charge in [0.15, 0.2) is 5.78 Å². The van der Waals surface area contributed by atoms with E-state index in [4.69, 9.17) is 4.74 Å². The van der Waals surface area contributed by atoms with Crippen LogP contribution in [0.25, 0.3) is 11.1 Å². The molecule has 0 radical (unpaired) electrons. The summed E-state index contributed by atoms with van der Waals surface area (Å²) in [4.78, 5) is 12.5. The van der Waals surface area contributed by atoms with E-state index in [0.717, 1.165) is 16.9 Å². The summed E-state index contributed by atoms with van der Waals surface area (Å²) in [6, 6.07) is 23.3. The summed E-state index contributed by atoms with van der Waals surface area (Å²) in [5.41, 5.74) is 4.84. The van der Waals surface area contributed by atoms with Gasteiger partial charge in [-0.25, -0.2) is 0 Å². The van der Waals surface area contributed by atoms with Gasteiger partial charge in [0.25, 0.3) is 0 Å². The lowest BCUT2D eigenvalue weighted by Crippen LogP contribution is -2.01. The zero-order valence-electron chi connectivity index (χ0n) is 13.2. The maximum absolute atomic E-state index is 12.5. The molecular weight excluding hydrogens is 284 g/mol. The Kier molecular flexibility index (Phi) is 4.24. The molecule has 3 aromatic carbocycles. The molecule has 0 aliphatic heterocycles. The van der Waals surface area contributed by atoms with Crippen molar-refractivity contribution in [2.75, 3.05) is 7.11 Å². The van der Waals surface area contributed by atoms with Crippen LogP contribution in [0.3, 0.4) is 0 Å². The third-order valence-electron chi connectivity index (χ3n) is 3.88. The highest BCUT2D eigenvalue weighted by atomic mass is 16.5. The highest BCUT2D eigenvalue weighted by molar-refractivity contribution is 6.09. The molecule has 0 saturated heterocycles. The topological polar surface area (TPSA) is 26.3 Å². The summed E-state index contributed by atoms with van der Waals surface area (Å²) in [7, 11) is 1.61. The zero-order chi connectivity index (χ0) is 16.2. The van der Waals surface area contributed by atoms with Crippen LogP contribution in [0.1, 0.15) is 21.5 Å². The molecule has 0 N–H and O–H groups in total. The molecule has 0 aromatic heterocycles. The quantitative estimate of drug-likeness (QED) is 0.641. The van der Waals surface area contributed by atoms with Gasteiger partial charge in [-0.2, -0.15) is 0 Å². The van der Waals surface area contributed by atoms with E-state index in [0.29, 0.717) is 11.1 Å². The van der Waals surface area contributed by atoms with Gasteiger partial charge in [-0.15, -0.1) is 0 Å². The molecule has 3 aromatic rings. The van der Waals surface area contributed by atoms with Gasteiger partial charge in [-0.05, 0) is 42.3 Å². The first-order valence-electron chi connectivity index (χ1n) is 7.53. The van der Waals surface area contributed by atoms with Crippen LogP contribution in [0.5, 0.6) is 5.75 Å². The normalized spacial score (nSPS) is 10.3. The Bertz CT molecular complexity index is 798. The summed E-state index contributed by atoms with van der Waals surface area (Å²) in [5, 5.41) is 0. The average molecular weight is 302 g/mol. The number of carbonyl (C=O) groups is 1. The van der Waals surface area contributed by atoms with E-state index in [1.165, 1.54) is 5.56 Å². The summed E-state index contributed by atoms with van der Waals surface area (Å²) in [6.45, 7) is 2.07. The van der Waals surface area contributed by atoms with Crippen LogP contribution in [-0.2, 0) is 0 Å². The van der Waals surface area contributed by atoms with Gasteiger partial charge in [0.2, 0.25) is 0 Å². The zero-order valence-corrected chi connectivity index (χ0v) is 13.2. The molecule has 0 heterocycles. The van der Waals surface area contributed by atoms with Crippen molar-refractivity contribution in [2.45, 2.75) is 6.92 Å². The van der Waals surface area contributed by atoms with Crippen LogP contribution in [0.4, 0.5) is 0 Å². The predicted molar refractivity (Wildman–Crippen MR) is 93.0 cm³/mol. The number of ether oxygens (including phenoxy) is 1. The van der Waals surface area contributed by atoms with E-state index in [1.807, 2.05) is 24.3 Å². The van der Waals surface area contributed by atoms with Gasteiger partial charge in [0, 0.05) is 11.1 Å². The van der Waals surface area contributed by atoms with Crippen molar-refractivity contribution >= 4 is 5.78 Å². The molecule has 0 saturated carbocycles. The second-order valence-corrected chi connectivity index (χ2v) is 5.50. The Morgan fingerprint density at radius 1 is 0.696 bits per heavy atom. The first-order chi connectivity index (χ1) is 11.2. The number of carbonyl (C=O) groups excluding carboxylic acids is 1. The molecule has 0 aliphatic carbocycles. The average Bonchev–Trinajstić information content (AvgIpc) is 2.62. The van der Waals surface area contributed by atoms with Gasteiger partial charge in [0.05, 0.1) is 7.11 Å². The molecule has 0 atom stereocenters. The molecule has 114 valence electrons. The number of methoxy groups -OCH3 is 1. The molecule has 23 heavy (non-hydrogen) atoms. The van der Waals surface area contributed by atoms with Crippen LogP contribution in [0.2, 0.25) is 0 Å². The molecule has 0 fully saturated rings. The van der Waals surface area contributed by atoms with E-state index in [-0.39, 0.29) is 5.78 Å². The van der Waals surface area contributed by atoms with Gasteiger partial charge in [-0.1, -0.05) is 54.1 Å². The lowest BCUT2D eigenvalue weighted by Gasteiger charge is -2.06. The summed E-state index contributed by atoms with van der Waals surface area (Å²) in [5.74, 6) is 0.763. The van der Waals surface area contributed by atoms with Gasteiger partial charge < -0.3 is 4.74 Å². The van der Waals surface area contributed by atoms with Crippen LogP contribution in [-0.4, -0.2) is 12.9 Å². The predicted octanol–water partition coefficient (Wildman–Crippen LogP) is 4.90. The van der Waals surface area contributed by atoms with E-state index < -0.39 is 0 Å². The lowest BCUT2D eigenvalue weighted by atomic mass is 9.99. The van der Waals surface area contributed by atoms with Crippen LogP contribution in [0, 0.1) is 6.92 Å². The molecular formula is C21H18O2. The number of hydrogen-bond donors (Lipinski definition) is 0. The van der Waals surface area contributed by atoms with Crippen molar-refractivity contribution in [3.8, 4) is 16.9 Å². The minimum atomic E-state index is 0.0168. The molecule has 2 nitrogen and oxygen atoms in total. The van der Waals surface area contributed by atoms with Crippen molar-refractivity contribution in [1.29, 1.82) is 0 Å². The minimum absolute atomic E-state index is 0.0168. The third-order valence-corrected chi connectivity index (χ3v) is 3.88. The summed E-state index contributed by atoms with van der Waals surface area (Å²) >= 11 is 0. The fourth-order valence-electron chi connectivity index (χ4n) is 2.47. The smallest absolute Gasteiger partial charge is 0.193 e. The standard InChI is InChI=1S/C21H18O2/c1-15-3-5-16(6-4-15)17-7-9-18(10-8-17)21(22)19-11-13-20(23-2)14-12-19/h3-14H,1-2H3. The van der Waals surface area contributed by atoms with Gasteiger partial charge >= 0.3 is 0 Å². The fourth-order valence-corrected chi connectivity index (χ4v) is 2.47. The van der Waals surface area contributed by atoms with E-state index in [2.05, 4.69) is 31.2 Å². The second-order valence-electron chi connectivity index (χ2n) is 5.50. The first kappa shape index (κ1) is 15.0. The minimum Gasteiger partial charge on any atom is -0.497 e. The van der Waals surface area contributed by atoms with Crippen molar-refractivity contribution < 1.29 is 9.53 Å². The van der Waals surface area contributed by atoms with Gasteiger partial charge in [0.1, 0.15) is 5.75 Å². The summed E-state index contributed by atoms with van der Waals surface area (Å²) < 4.78 is 5.12.